The third kappa shape index (κ3) is 3.20. The van der Waals surface area contributed by atoms with Gasteiger partial charge in [0.1, 0.15) is 0 Å². The van der Waals surface area contributed by atoms with Gasteiger partial charge < -0.3 is 5.32 Å². The molecule has 0 aromatic heterocycles. The molecule has 0 bridgehead atoms. The number of carbonyl (C=O) groups is 2. The summed E-state index contributed by atoms with van der Waals surface area (Å²) in [6.07, 6.45) is 0.434. The molecule has 1 aliphatic rings. The molecule has 0 saturated carbocycles. The first-order valence-electron chi connectivity index (χ1n) is 5.91. The van der Waals surface area contributed by atoms with Gasteiger partial charge in [-0.2, -0.15) is 5.10 Å². The second-order valence-corrected chi connectivity index (χ2v) is 5.37. The topological polar surface area (TPSA) is 70.6 Å². The maximum Gasteiger partial charge on any atom is 0.240 e. The molecule has 1 aromatic rings. The van der Waals surface area contributed by atoms with E-state index in [0.717, 1.165) is 15.7 Å². The molecule has 0 unspecified atom stereocenters. The Hall–Kier alpha value is -1.69. The highest BCUT2D eigenvalue weighted by atomic mass is 79.9. The summed E-state index contributed by atoms with van der Waals surface area (Å²) >= 11 is 3.42. The monoisotopic (exact) mass is 323 g/mol. The molecule has 0 radical (unpaired) electrons. The van der Waals surface area contributed by atoms with Gasteiger partial charge in [0.05, 0.1) is 11.4 Å². The predicted molar refractivity (Wildman–Crippen MR) is 76.9 cm³/mol. The van der Waals surface area contributed by atoms with Crippen LogP contribution in [0.25, 0.3) is 0 Å². The lowest BCUT2D eigenvalue weighted by Gasteiger charge is -2.19. The maximum atomic E-state index is 11.2. The van der Waals surface area contributed by atoms with Crippen LogP contribution in [0.1, 0.15) is 25.8 Å². The number of benzene rings is 1. The highest BCUT2D eigenvalue weighted by Crippen LogP contribution is 2.26. The van der Waals surface area contributed by atoms with Crippen LogP contribution in [0.15, 0.2) is 27.8 Å². The van der Waals surface area contributed by atoms with Crippen molar-refractivity contribution in [2.24, 2.45) is 11.0 Å². The summed E-state index contributed by atoms with van der Waals surface area (Å²) in [6.45, 7) is 3.43. The number of nitrogens with one attached hydrogen (secondary N) is 2. The van der Waals surface area contributed by atoms with Crippen molar-refractivity contribution in [3.63, 3.8) is 0 Å². The zero-order chi connectivity index (χ0) is 14.0. The number of halogens is 1. The van der Waals surface area contributed by atoms with Gasteiger partial charge in [0.15, 0.2) is 0 Å². The van der Waals surface area contributed by atoms with Crippen LogP contribution in [0, 0.1) is 5.92 Å². The summed E-state index contributed by atoms with van der Waals surface area (Å²) in [4.78, 5) is 22.3. The molecule has 1 heterocycles. The molecule has 2 rings (SSSR count). The van der Waals surface area contributed by atoms with Crippen molar-refractivity contribution < 1.29 is 9.59 Å². The Labute approximate surface area is 119 Å². The highest BCUT2D eigenvalue weighted by molar-refractivity contribution is 9.10. The highest BCUT2D eigenvalue weighted by Gasteiger charge is 2.22. The van der Waals surface area contributed by atoms with E-state index in [4.69, 9.17) is 0 Å². The zero-order valence-electron chi connectivity index (χ0n) is 10.7. The largest absolute Gasteiger partial charge is 0.325 e. The number of nitrogens with zero attached hydrogens (tertiary/aromatic N) is 1. The van der Waals surface area contributed by atoms with Crippen LogP contribution in [-0.2, 0) is 9.59 Å². The molecule has 2 amide bonds. The minimum atomic E-state index is -0.121. The Morgan fingerprint density at radius 3 is 2.84 bits per heavy atom. The van der Waals surface area contributed by atoms with Crippen molar-refractivity contribution in [1.82, 2.24) is 5.43 Å². The van der Waals surface area contributed by atoms with Crippen LogP contribution in [0.4, 0.5) is 5.69 Å². The average Bonchev–Trinajstić information content (AvgIpc) is 2.31. The van der Waals surface area contributed by atoms with E-state index in [9.17, 15) is 9.59 Å². The molecule has 6 heteroatoms. The number of amides is 2. The number of hydrogen-bond acceptors (Lipinski definition) is 3. The molecule has 100 valence electrons. The molecule has 1 atom stereocenters. The lowest BCUT2D eigenvalue weighted by Crippen LogP contribution is -2.31. The summed E-state index contributed by atoms with van der Waals surface area (Å²) in [7, 11) is 0. The number of anilines is 1. The second-order valence-electron chi connectivity index (χ2n) is 4.51. The minimum absolute atomic E-state index is 0.0646. The van der Waals surface area contributed by atoms with E-state index in [1.807, 2.05) is 25.1 Å². The van der Waals surface area contributed by atoms with Crippen LogP contribution in [0.2, 0.25) is 0 Å². The molecular formula is C13H14BrN3O2. The van der Waals surface area contributed by atoms with Gasteiger partial charge in [0.2, 0.25) is 11.8 Å². The van der Waals surface area contributed by atoms with E-state index in [-0.39, 0.29) is 17.7 Å². The third-order valence-corrected chi connectivity index (χ3v) is 3.49. The van der Waals surface area contributed by atoms with Crippen molar-refractivity contribution in [3.8, 4) is 0 Å². The Balaban J connectivity index is 2.29. The summed E-state index contributed by atoms with van der Waals surface area (Å²) in [5, 5.41) is 6.83. The summed E-state index contributed by atoms with van der Waals surface area (Å²) < 4.78 is 0.784. The quantitative estimate of drug-likeness (QED) is 0.876. The van der Waals surface area contributed by atoms with Gasteiger partial charge in [-0.05, 0) is 33.6 Å². The van der Waals surface area contributed by atoms with E-state index in [1.165, 1.54) is 6.92 Å². The first kappa shape index (κ1) is 13.7. The van der Waals surface area contributed by atoms with E-state index >= 15 is 0 Å². The van der Waals surface area contributed by atoms with Crippen molar-refractivity contribution >= 4 is 39.1 Å². The molecule has 1 aliphatic heterocycles. The fraction of sp³-hybridized carbons (Fsp3) is 0.308. The first-order valence-corrected chi connectivity index (χ1v) is 6.70. The molecular weight excluding hydrogens is 310 g/mol. The first-order chi connectivity index (χ1) is 8.97. The van der Waals surface area contributed by atoms with Gasteiger partial charge in [-0.1, -0.05) is 13.0 Å². The van der Waals surface area contributed by atoms with Gasteiger partial charge in [0, 0.05) is 23.7 Å². The molecule has 1 aromatic carbocycles. The molecule has 0 aliphatic carbocycles. The minimum Gasteiger partial charge on any atom is -0.325 e. The van der Waals surface area contributed by atoms with Crippen molar-refractivity contribution in [1.29, 1.82) is 0 Å². The average molecular weight is 324 g/mol. The Kier molecular flexibility index (Phi) is 3.99. The molecule has 5 nitrogen and oxygen atoms in total. The normalized spacial score (nSPS) is 18.6. The smallest absolute Gasteiger partial charge is 0.240 e. The van der Waals surface area contributed by atoms with E-state index in [0.29, 0.717) is 12.1 Å². The van der Waals surface area contributed by atoms with Crippen LogP contribution in [0.5, 0.6) is 0 Å². The van der Waals surface area contributed by atoms with Gasteiger partial charge >= 0.3 is 0 Å². The SMILES string of the molecule is CC(=O)Nc1ccc(C2=NNC(=O)C[C@H]2C)cc1Br. The van der Waals surface area contributed by atoms with Crippen LogP contribution >= 0.6 is 15.9 Å². The number of hydrazone groups is 1. The molecule has 0 fully saturated rings. The van der Waals surface area contributed by atoms with Crippen LogP contribution in [-0.4, -0.2) is 17.5 Å². The molecule has 2 N–H and O–H groups in total. The summed E-state index contributed by atoms with van der Waals surface area (Å²) in [5.74, 6) is -0.110. The van der Waals surface area contributed by atoms with Crippen molar-refractivity contribution in [2.45, 2.75) is 20.3 Å². The summed E-state index contributed by atoms with van der Waals surface area (Å²) in [5.41, 5.74) is 4.97. The number of carbonyl (C=O) groups excluding carboxylic acids is 2. The fourth-order valence-electron chi connectivity index (χ4n) is 1.97. The van der Waals surface area contributed by atoms with Crippen LogP contribution in [0.3, 0.4) is 0 Å². The molecule has 19 heavy (non-hydrogen) atoms. The summed E-state index contributed by atoms with van der Waals surface area (Å²) in [6, 6.07) is 5.58. The standard InChI is InChI=1S/C13H14BrN3O2/c1-7-5-12(19)16-17-13(7)9-3-4-11(10(14)6-9)15-8(2)18/h3-4,6-7H,5H2,1-2H3,(H,15,18)(H,16,19)/t7-/m1/s1. The van der Waals surface area contributed by atoms with Gasteiger partial charge in [-0.3, -0.25) is 9.59 Å². The fourth-order valence-corrected chi connectivity index (χ4v) is 2.45. The number of hydrogen-bond donors (Lipinski definition) is 2. The van der Waals surface area contributed by atoms with E-state index in [1.54, 1.807) is 0 Å². The predicted octanol–water partition coefficient (Wildman–Crippen LogP) is 2.27. The van der Waals surface area contributed by atoms with Gasteiger partial charge in [-0.15, -0.1) is 0 Å². The number of rotatable bonds is 2. The van der Waals surface area contributed by atoms with Crippen LogP contribution < -0.4 is 10.7 Å². The maximum absolute atomic E-state index is 11.2. The third-order valence-electron chi connectivity index (χ3n) is 2.83. The molecule has 0 saturated heterocycles. The Bertz CT molecular complexity index is 569. The Morgan fingerprint density at radius 1 is 1.53 bits per heavy atom. The van der Waals surface area contributed by atoms with Gasteiger partial charge in [-0.25, -0.2) is 5.43 Å². The second kappa shape index (κ2) is 5.52. The lowest BCUT2D eigenvalue weighted by molar-refractivity contribution is -0.122. The van der Waals surface area contributed by atoms with E-state index in [2.05, 4.69) is 31.8 Å². The molecule has 0 spiro atoms. The zero-order valence-corrected chi connectivity index (χ0v) is 12.2. The van der Waals surface area contributed by atoms with Gasteiger partial charge in [0.25, 0.3) is 0 Å². The lowest BCUT2D eigenvalue weighted by atomic mass is 9.94. The van der Waals surface area contributed by atoms with E-state index < -0.39 is 0 Å². The Morgan fingerprint density at radius 2 is 2.26 bits per heavy atom. The van der Waals surface area contributed by atoms with Crippen molar-refractivity contribution in [2.75, 3.05) is 5.32 Å². The van der Waals surface area contributed by atoms with Crippen molar-refractivity contribution in [3.05, 3.63) is 28.2 Å².